The van der Waals surface area contributed by atoms with Crippen LogP contribution in [-0.2, 0) is 6.54 Å². The van der Waals surface area contributed by atoms with Gasteiger partial charge in [0.15, 0.2) is 0 Å². The molecule has 2 fully saturated rings. The quantitative estimate of drug-likeness (QED) is 0.893. The Bertz CT molecular complexity index is 368. The molecule has 3 rings (SSSR count). The predicted octanol–water partition coefficient (Wildman–Crippen LogP) is 2.10. The summed E-state index contributed by atoms with van der Waals surface area (Å²) in [6.45, 7) is 6.08. The minimum atomic E-state index is 0.896. The van der Waals surface area contributed by atoms with Crippen molar-refractivity contribution < 1.29 is 0 Å². The Hall–Kier alpha value is -0.380. The molecule has 2 saturated heterocycles. The second-order valence-corrected chi connectivity index (χ2v) is 5.92. The fraction of sp³-hybridized carbons (Fsp3) is 0.538. The number of hydrogen-bond donors (Lipinski definition) is 1. The summed E-state index contributed by atoms with van der Waals surface area (Å²) in [4.78, 5) is 2.60. The third-order valence-electron chi connectivity index (χ3n) is 3.76. The zero-order valence-corrected chi connectivity index (χ0v) is 10.9. The molecule has 2 aliphatic heterocycles. The predicted molar refractivity (Wildman–Crippen MR) is 69.3 cm³/mol. The highest BCUT2D eigenvalue weighted by Gasteiger charge is 2.35. The summed E-state index contributed by atoms with van der Waals surface area (Å²) in [7, 11) is 0. The second-order valence-electron chi connectivity index (χ2n) is 5.00. The SMILES string of the molecule is Brc1cccc(CN2CC3CNCC3C2)c1. The van der Waals surface area contributed by atoms with Crippen molar-refractivity contribution in [3.63, 3.8) is 0 Å². The maximum Gasteiger partial charge on any atom is 0.0234 e. The van der Waals surface area contributed by atoms with Crippen LogP contribution in [0.2, 0.25) is 0 Å². The molecule has 16 heavy (non-hydrogen) atoms. The zero-order valence-electron chi connectivity index (χ0n) is 9.32. The van der Waals surface area contributed by atoms with Gasteiger partial charge in [0.2, 0.25) is 0 Å². The zero-order chi connectivity index (χ0) is 11.0. The number of likely N-dealkylation sites (tertiary alicyclic amines) is 1. The lowest BCUT2D eigenvalue weighted by Crippen LogP contribution is -2.25. The lowest BCUT2D eigenvalue weighted by Gasteiger charge is -2.17. The maximum absolute atomic E-state index is 3.53. The molecule has 0 aromatic heterocycles. The van der Waals surface area contributed by atoms with Crippen molar-refractivity contribution in [2.24, 2.45) is 11.8 Å². The molecule has 1 aromatic carbocycles. The molecule has 1 N–H and O–H groups in total. The summed E-state index contributed by atoms with van der Waals surface area (Å²) < 4.78 is 1.19. The van der Waals surface area contributed by atoms with Crippen molar-refractivity contribution in [1.29, 1.82) is 0 Å². The van der Waals surface area contributed by atoms with Crippen LogP contribution in [0.25, 0.3) is 0 Å². The first kappa shape index (κ1) is 10.8. The first-order valence-electron chi connectivity index (χ1n) is 5.99. The van der Waals surface area contributed by atoms with Crippen LogP contribution in [0.5, 0.6) is 0 Å². The van der Waals surface area contributed by atoms with Gasteiger partial charge >= 0.3 is 0 Å². The molecule has 3 heteroatoms. The van der Waals surface area contributed by atoms with E-state index in [1.54, 1.807) is 0 Å². The molecule has 0 amide bonds. The fourth-order valence-electron chi connectivity index (χ4n) is 2.98. The van der Waals surface area contributed by atoms with E-state index in [2.05, 4.69) is 50.4 Å². The van der Waals surface area contributed by atoms with Crippen LogP contribution in [-0.4, -0.2) is 31.1 Å². The van der Waals surface area contributed by atoms with E-state index in [9.17, 15) is 0 Å². The molecule has 1 aromatic rings. The molecule has 2 nitrogen and oxygen atoms in total. The standard InChI is InChI=1S/C13H17BrN2/c14-13-3-1-2-10(4-13)7-16-8-11-5-15-6-12(11)9-16/h1-4,11-12,15H,5-9H2. The van der Waals surface area contributed by atoms with Gasteiger partial charge in [-0.2, -0.15) is 0 Å². The van der Waals surface area contributed by atoms with E-state index in [0.29, 0.717) is 0 Å². The fourth-order valence-corrected chi connectivity index (χ4v) is 3.42. The Morgan fingerprint density at radius 1 is 1.25 bits per heavy atom. The van der Waals surface area contributed by atoms with Crippen molar-refractivity contribution >= 4 is 15.9 Å². The van der Waals surface area contributed by atoms with Crippen molar-refractivity contribution in [1.82, 2.24) is 10.2 Å². The van der Waals surface area contributed by atoms with Gasteiger partial charge in [-0.05, 0) is 42.6 Å². The molecule has 0 aliphatic carbocycles. The van der Waals surface area contributed by atoms with Gasteiger partial charge in [0.25, 0.3) is 0 Å². The van der Waals surface area contributed by atoms with Gasteiger partial charge in [0.1, 0.15) is 0 Å². The molecule has 0 spiro atoms. The second kappa shape index (κ2) is 4.47. The summed E-state index contributed by atoms with van der Waals surface area (Å²) in [5.74, 6) is 1.79. The normalized spacial score (nSPS) is 29.6. The summed E-state index contributed by atoms with van der Waals surface area (Å²) in [6.07, 6.45) is 0. The highest BCUT2D eigenvalue weighted by Crippen LogP contribution is 2.27. The number of benzene rings is 1. The number of nitrogens with zero attached hydrogens (tertiary/aromatic N) is 1. The van der Waals surface area contributed by atoms with Gasteiger partial charge in [-0.1, -0.05) is 28.1 Å². The van der Waals surface area contributed by atoms with Crippen LogP contribution >= 0.6 is 15.9 Å². The van der Waals surface area contributed by atoms with Gasteiger partial charge < -0.3 is 5.32 Å². The van der Waals surface area contributed by atoms with Crippen LogP contribution in [0.3, 0.4) is 0 Å². The van der Waals surface area contributed by atoms with E-state index >= 15 is 0 Å². The van der Waals surface area contributed by atoms with Crippen molar-refractivity contribution in [3.05, 3.63) is 34.3 Å². The average Bonchev–Trinajstić information content (AvgIpc) is 2.77. The lowest BCUT2D eigenvalue weighted by atomic mass is 10.0. The van der Waals surface area contributed by atoms with Gasteiger partial charge in [0, 0.05) is 24.1 Å². The third-order valence-corrected chi connectivity index (χ3v) is 4.25. The van der Waals surface area contributed by atoms with E-state index in [1.165, 1.54) is 36.2 Å². The Labute approximate surface area is 105 Å². The van der Waals surface area contributed by atoms with Crippen LogP contribution in [0.15, 0.2) is 28.7 Å². The Kier molecular flexibility index (Phi) is 3.01. The average molecular weight is 281 g/mol. The monoisotopic (exact) mass is 280 g/mol. The third kappa shape index (κ3) is 2.17. The molecule has 2 unspecified atom stereocenters. The highest BCUT2D eigenvalue weighted by atomic mass is 79.9. The van der Waals surface area contributed by atoms with Crippen LogP contribution in [0, 0.1) is 11.8 Å². The van der Waals surface area contributed by atoms with Crippen LogP contribution in [0.1, 0.15) is 5.56 Å². The lowest BCUT2D eigenvalue weighted by molar-refractivity contribution is 0.305. The van der Waals surface area contributed by atoms with Gasteiger partial charge in [0.05, 0.1) is 0 Å². The first-order chi connectivity index (χ1) is 7.81. The highest BCUT2D eigenvalue weighted by molar-refractivity contribution is 9.10. The van der Waals surface area contributed by atoms with Crippen molar-refractivity contribution in [2.45, 2.75) is 6.54 Å². The largest absolute Gasteiger partial charge is 0.316 e. The first-order valence-corrected chi connectivity index (χ1v) is 6.78. The molecule has 2 heterocycles. The van der Waals surface area contributed by atoms with Crippen molar-refractivity contribution in [2.75, 3.05) is 26.2 Å². The summed E-state index contributed by atoms with van der Waals surface area (Å²) in [5.41, 5.74) is 1.42. The molecular weight excluding hydrogens is 264 g/mol. The molecular formula is C13H17BrN2. The number of halogens is 1. The molecule has 86 valence electrons. The summed E-state index contributed by atoms with van der Waals surface area (Å²) in [5, 5.41) is 3.48. The maximum atomic E-state index is 3.53. The minimum Gasteiger partial charge on any atom is -0.316 e. The molecule has 0 bridgehead atoms. The Morgan fingerprint density at radius 3 is 2.69 bits per heavy atom. The molecule has 0 saturated carbocycles. The minimum absolute atomic E-state index is 0.896. The van der Waals surface area contributed by atoms with E-state index in [-0.39, 0.29) is 0 Å². The van der Waals surface area contributed by atoms with Crippen molar-refractivity contribution in [3.8, 4) is 0 Å². The van der Waals surface area contributed by atoms with E-state index < -0.39 is 0 Å². The van der Waals surface area contributed by atoms with E-state index in [4.69, 9.17) is 0 Å². The number of fused-ring (bicyclic) bond motifs is 1. The molecule has 0 radical (unpaired) electrons. The number of nitrogens with one attached hydrogen (secondary N) is 1. The smallest absolute Gasteiger partial charge is 0.0234 e. The topological polar surface area (TPSA) is 15.3 Å². The number of hydrogen-bond acceptors (Lipinski definition) is 2. The summed E-state index contributed by atoms with van der Waals surface area (Å²) >= 11 is 3.53. The molecule has 2 aliphatic rings. The van der Waals surface area contributed by atoms with Gasteiger partial charge in [-0.25, -0.2) is 0 Å². The van der Waals surface area contributed by atoms with Gasteiger partial charge in [-0.3, -0.25) is 4.90 Å². The summed E-state index contributed by atoms with van der Waals surface area (Å²) in [6, 6.07) is 8.66. The van der Waals surface area contributed by atoms with Gasteiger partial charge in [-0.15, -0.1) is 0 Å². The number of rotatable bonds is 2. The molecule has 2 atom stereocenters. The van der Waals surface area contributed by atoms with Crippen LogP contribution < -0.4 is 5.32 Å². The Balaban J connectivity index is 1.64. The Morgan fingerprint density at radius 2 is 2.00 bits per heavy atom. The van der Waals surface area contributed by atoms with E-state index in [0.717, 1.165) is 18.4 Å². The van der Waals surface area contributed by atoms with E-state index in [1.807, 2.05) is 0 Å². The van der Waals surface area contributed by atoms with Crippen LogP contribution in [0.4, 0.5) is 0 Å².